The van der Waals surface area contributed by atoms with Gasteiger partial charge in [-0.25, -0.2) is 18.4 Å². The number of amides is 2. The van der Waals surface area contributed by atoms with Crippen molar-refractivity contribution < 1.29 is 27.5 Å². The van der Waals surface area contributed by atoms with Crippen LogP contribution in [-0.4, -0.2) is 32.8 Å². The van der Waals surface area contributed by atoms with E-state index in [1.807, 2.05) is 0 Å². The number of anilines is 1. The molecule has 2 amide bonds. The topological polar surface area (TPSA) is 145 Å². The predicted octanol–water partition coefficient (Wildman–Crippen LogP) is 1.99. The van der Waals surface area contributed by atoms with E-state index in [4.69, 9.17) is 9.88 Å². The van der Waals surface area contributed by atoms with Gasteiger partial charge in [-0.2, -0.15) is 0 Å². The first-order chi connectivity index (χ1) is 15.7. The maximum absolute atomic E-state index is 12.7. The first kappa shape index (κ1) is 23.6. The maximum atomic E-state index is 12.7. The molecule has 0 saturated heterocycles. The van der Waals surface area contributed by atoms with Gasteiger partial charge in [-0.3, -0.25) is 9.59 Å². The van der Waals surface area contributed by atoms with Gasteiger partial charge in [0.05, 0.1) is 4.90 Å². The highest BCUT2D eigenvalue weighted by atomic mass is 32.2. The summed E-state index contributed by atoms with van der Waals surface area (Å²) in [5.41, 5.74) is 1.15. The molecule has 170 valence electrons. The van der Waals surface area contributed by atoms with Crippen LogP contribution in [0.4, 0.5) is 5.69 Å². The highest BCUT2D eigenvalue weighted by Gasteiger charge is 2.25. The van der Waals surface area contributed by atoms with Crippen LogP contribution in [0.1, 0.15) is 22.0 Å². The second-order valence-electron chi connectivity index (χ2n) is 6.91. The molecule has 3 aromatic rings. The zero-order chi connectivity index (χ0) is 23.8. The number of sulfonamides is 1. The van der Waals surface area contributed by atoms with Gasteiger partial charge in [0, 0.05) is 11.3 Å². The number of carbonyl (C=O) groups is 3. The van der Waals surface area contributed by atoms with Crippen molar-refractivity contribution in [3.05, 3.63) is 96.1 Å². The summed E-state index contributed by atoms with van der Waals surface area (Å²) in [6, 6.07) is 20.9. The summed E-state index contributed by atoms with van der Waals surface area (Å²) in [7, 11) is -3.85. The molecule has 0 radical (unpaired) electrons. The number of rotatable bonds is 8. The smallest absolute Gasteiger partial charge is 0.333 e. The fourth-order valence-corrected chi connectivity index (χ4v) is 3.39. The van der Waals surface area contributed by atoms with E-state index in [0.29, 0.717) is 16.8 Å². The minimum atomic E-state index is -3.85. The van der Waals surface area contributed by atoms with E-state index in [9.17, 15) is 22.8 Å². The molecule has 1 unspecified atom stereocenters. The molecule has 0 aliphatic carbocycles. The fourth-order valence-electron chi connectivity index (χ4n) is 2.87. The van der Waals surface area contributed by atoms with Crippen LogP contribution < -0.4 is 15.8 Å². The van der Waals surface area contributed by atoms with Crippen molar-refractivity contribution >= 4 is 33.5 Å². The van der Waals surface area contributed by atoms with Gasteiger partial charge in [0.15, 0.2) is 12.6 Å². The second-order valence-corrected chi connectivity index (χ2v) is 8.47. The Morgan fingerprint density at radius 3 is 2.00 bits per heavy atom. The van der Waals surface area contributed by atoms with Crippen LogP contribution in [0.5, 0.6) is 0 Å². The van der Waals surface area contributed by atoms with Crippen molar-refractivity contribution in [2.75, 3.05) is 11.9 Å². The van der Waals surface area contributed by atoms with E-state index in [-0.39, 0.29) is 4.90 Å². The third-order valence-corrected chi connectivity index (χ3v) is 5.42. The molecule has 3 rings (SSSR count). The summed E-state index contributed by atoms with van der Waals surface area (Å²) >= 11 is 0. The van der Waals surface area contributed by atoms with Gasteiger partial charge in [-0.1, -0.05) is 48.5 Å². The molecule has 0 aliphatic heterocycles. The normalized spacial score (nSPS) is 11.8. The van der Waals surface area contributed by atoms with E-state index in [2.05, 4.69) is 10.6 Å². The van der Waals surface area contributed by atoms with Crippen LogP contribution >= 0.6 is 0 Å². The minimum Gasteiger partial charge on any atom is -0.454 e. The zero-order valence-electron chi connectivity index (χ0n) is 17.3. The zero-order valence-corrected chi connectivity index (χ0v) is 18.1. The average molecular weight is 468 g/mol. The Kier molecular flexibility index (Phi) is 7.54. The lowest BCUT2D eigenvalue weighted by Gasteiger charge is -2.18. The summed E-state index contributed by atoms with van der Waals surface area (Å²) in [5.74, 6) is -1.93. The Labute approximate surface area is 190 Å². The van der Waals surface area contributed by atoms with Crippen molar-refractivity contribution in [2.45, 2.75) is 10.9 Å². The molecule has 4 N–H and O–H groups in total. The molecule has 9 nitrogen and oxygen atoms in total. The Hall–Kier alpha value is -4.02. The van der Waals surface area contributed by atoms with Crippen LogP contribution in [0.3, 0.4) is 0 Å². The summed E-state index contributed by atoms with van der Waals surface area (Å²) in [4.78, 5) is 37.4. The highest BCUT2D eigenvalue weighted by Crippen LogP contribution is 2.16. The molecular weight excluding hydrogens is 446 g/mol. The molecule has 1 atom stereocenters. The van der Waals surface area contributed by atoms with Gasteiger partial charge in [0.2, 0.25) is 10.0 Å². The summed E-state index contributed by atoms with van der Waals surface area (Å²) in [6.45, 7) is -0.611. The molecule has 10 heteroatoms. The van der Waals surface area contributed by atoms with E-state index in [1.165, 1.54) is 24.3 Å². The Balaban J connectivity index is 1.64. The van der Waals surface area contributed by atoms with Crippen LogP contribution in [0.2, 0.25) is 0 Å². The number of carbonyl (C=O) groups excluding carboxylic acids is 3. The number of esters is 1. The van der Waals surface area contributed by atoms with Gasteiger partial charge in [-0.05, 0) is 42.0 Å². The van der Waals surface area contributed by atoms with Crippen LogP contribution in [0.15, 0.2) is 89.8 Å². The standard InChI is InChI=1S/C23H21N3O6S/c24-33(30,31)19-13-11-18(12-14-19)25-20(27)15-32-23(29)21(16-7-3-1-4-8-16)26-22(28)17-9-5-2-6-10-17/h1-14,21H,15H2,(H,25,27)(H,26,28)(H2,24,30,31). The summed E-state index contributed by atoms with van der Waals surface area (Å²) < 4.78 is 27.7. The highest BCUT2D eigenvalue weighted by molar-refractivity contribution is 7.89. The van der Waals surface area contributed by atoms with Crippen molar-refractivity contribution in [1.29, 1.82) is 0 Å². The van der Waals surface area contributed by atoms with E-state index >= 15 is 0 Å². The third kappa shape index (κ3) is 6.73. The van der Waals surface area contributed by atoms with Crippen molar-refractivity contribution in [3.63, 3.8) is 0 Å². The summed E-state index contributed by atoms with van der Waals surface area (Å²) in [5, 5.41) is 10.1. The van der Waals surface area contributed by atoms with Gasteiger partial charge >= 0.3 is 5.97 Å². The number of nitrogens with two attached hydrogens (primary N) is 1. The fraction of sp³-hybridized carbons (Fsp3) is 0.0870. The molecule has 0 aliphatic rings. The molecule has 0 fully saturated rings. The van der Waals surface area contributed by atoms with E-state index in [1.54, 1.807) is 60.7 Å². The molecule has 33 heavy (non-hydrogen) atoms. The molecule has 3 aromatic carbocycles. The first-order valence-electron chi connectivity index (χ1n) is 9.74. The number of hydrogen-bond acceptors (Lipinski definition) is 6. The van der Waals surface area contributed by atoms with E-state index < -0.39 is 40.5 Å². The van der Waals surface area contributed by atoms with Gasteiger partial charge in [-0.15, -0.1) is 0 Å². The number of benzene rings is 3. The lowest BCUT2D eigenvalue weighted by molar-refractivity contribution is -0.149. The number of hydrogen-bond donors (Lipinski definition) is 3. The van der Waals surface area contributed by atoms with Crippen molar-refractivity contribution in [1.82, 2.24) is 5.32 Å². The molecule has 0 heterocycles. The maximum Gasteiger partial charge on any atom is 0.333 e. The molecule has 0 saturated carbocycles. The lowest BCUT2D eigenvalue weighted by Crippen LogP contribution is -2.36. The molecule has 0 spiro atoms. The van der Waals surface area contributed by atoms with Crippen LogP contribution in [0.25, 0.3) is 0 Å². The van der Waals surface area contributed by atoms with E-state index in [0.717, 1.165) is 0 Å². The second kappa shape index (κ2) is 10.5. The first-order valence-corrected chi connectivity index (χ1v) is 11.3. The quantitative estimate of drug-likeness (QED) is 0.432. The van der Waals surface area contributed by atoms with Crippen LogP contribution in [-0.2, 0) is 24.3 Å². The molecular formula is C23H21N3O6S. The lowest BCUT2D eigenvalue weighted by atomic mass is 10.1. The van der Waals surface area contributed by atoms with Gasteiger partial charge < -0.3 is 15.4 Å². The van der Waals surface area contributed by atoms with Crippen molar-refractivity contribution in [2.24, 2.45) is 5.14 Å². The number of primary sulfonamides is 1. The van der Waals surface area contributed by atoms with Gasteiger partial charge in [0.25, 0.3) is 11.8 Å². The van der Waals surface area contributed by atoms with Gasteiger partial charge in [0.1, 0.15) is 0 Å². The monoisotopic (exact) mass is 467 g/mol. The van der Waals surface area contributed by atoms with Crippen LogP contribution in [0, 0.1) is 0 Å². The number of nitrogens with one attached hydrogen (secondary N) is 2. The molecule has 0 bridgehead atoms. The van der Waals surface area contributed by atoms with Crippen molar-refractivity contribution in [3.8, 4) is 0 Å². The Morgan fingerprint density at radius 2 is 1.42 bits per heavy atom. The molecule has 0 aromatic heterocycles. The number of ether oxygens (including phenoxy) is 1. The SMILES string of the molecule is NS(=O)(=O)c1ccc(NC(=O)COC(=O)C(NC(=O)c2ccccc2)c2ccccc2)cc1. The largest absolute Gasteiger partial charge is 0.454 e. The Morgan fingerprint density at radius 1 is 0.848 bits per heavy atom. The minimum absolute atomic E-state index is 0.105. The Bertz CT molecular complexity index is 1230. The predicted molar refractivity (Wildman–Crippen MR) is 120 cm³/mol. The summed E-state index contributed by atoms with van der Waals surface area (Å²) in [6.07, 6.45) is 0. The average Bonchev–Trinajstić information content (AvgIpc) is 2.81. The third-order valence-electron chi connectivity index (χ3n) is 4.49.